The number of unbranched alkanes of at least 4 members (excludes halogenated alkanes) is 1. The molecule has 0 aliphatic heterocycles. The smallest absolute Gasteiger partial charge is 0.139 e. The molecule has 0 unspecified atom stereocenters. The molecular weight excluding hydrogens is 238 g/mol. The topological polar surface area (TPSA) is 70.6 Å². The van der Waals surface area contributed by atoms with Crippen LogP contribution in [0.1, 0.15) is 24.8 Å². The van der Waals surface area contributed by atoms with Crippen molar-refractivity contribution in [2.45, 2.75) is 26.2 Å². The number of benzene rings is 1. The van der Waals surface area contributed by atoms with Crippen LogP contribution in [0.25, 0.3) is 0 Å². The lowest BCUT2D eigenvalue weighted by Crippen LogP contribution is -2.12. The summed E-state index contributed by atoms with van der Waals surface area (Å²) in [6.45, 7) is 2.85. The molecule has 0 radical (unpaired) electrons. The van der Waals surface area contributed by atoms with E-state index in [9.17, 15) is 0 Å². The van der Waals surface area contributed by atoms with Crippen LogP contribution in [0.5, 0.6) is 0 Å². The number of aryl methyl sites for hydroxylation is 1. The van der Waals surface area contributed by atoms with Crippen LogP contribution < -0.4 is 11.1 Å². The second-order valence-electron chi connectivity index (χ2n) is 3.96. The largest absolute Gasteiger partial charge is 0.409 e. The number of rotatable bonds is 6. The molecule has 4 N–H and O–H groups in total. The number of halogens is 1. The van der Waals surface area contributed by atoms with Crippen molar-refractivity contribution in [3.63, 3.8) is 0 Å². The van der Waals surface area contributed by atoms with E-state index in [1.165, 1.54) is 5.56 Å². The molecule has 94 valence electrons. The van der Waals surface area contributed by atoms with Gasteiger partial charge in [-0.25, -0.2) is 0 Å². The van der Waals surface area contributed by atoms with Crippen LogP contribution in [-0.4, -0.2) is 17.6 Å². The van der Waals surface area contributed by atoms with Crippen LogP contribution in [0.2, 0.25) is 5.02 Å². The van der Waals surface area contributed by atoms with Crippen molar-refractivity contribution in [1.82, 2.24) is 0 Å². The molecule has 1 rings (SSSR count). The fraction of sp³-hybridized carbons (Fsp3) is 0.417. The van der Waals surface area contributed by atoms with Gasteiger partial charge in [-0.15, -0.1) is 0 Å². The van der Waals surface area contributed by atoms with E-state index in [2.05, 4.69) is 10.5 Å². The minimum absolute atomic E-state index is 0.276. The third-order valence-corrected chi connectivity index (χ3v) is 2.76. The molecule has 0 fully saturated rings. The zero-order valence-electron chi connectivity index (χ0n) is 9.91. The summed E-state index contributed by atoms with van der Waals surface area (Å²) >= 11 is 6.05. The fourth-order valence-electron chi connectivity index (χ4n) is 1.48. The maximum Gasteiger partial charge on any atom is 0.139 e. The second kappa shape index (κ2) is 7.01. The Kier molecular flexibility index (Phi) is 5.63. The summed E-state index contributed by atoms with van der Waals surface area (Å²) in [4.78, 5) is 0. The molecule has 0 bridgehead atoms. The predicted octanol–water partition coefficient (Wildman–Crippen LogP) is 2.98. The molecule has 0 aliphatic rings. The number of anilines is 1. The van der Waals surface area contributed by atoms with Gasteiger partial charge in [0.05, 0.1) is 10.7 Å². The monoisotopic (exact) mass is 255 g/mol. The van der Waals surface area contributed by atoms with E-state index in [0.29, 0.717) is 6.42 Å². The Morgan fingerprint density at radius 3 is 2.94 bits per heavy atom. The molecule has 0 atom stereocenters. The zero-order chi connectivity index (χ0) is 12.7. The number of nitrogens with zero attached hydrogens (tertiary/aromatic N) is 1. The molecule has 0 spiro atoms. The van der Waals surface area contributed by atoms with Crippen LogP contribution in [-0.2, 0) is 0 Å². The molecular formula is C12H18ClN3O. The number of nitrogens with two attached hydrogens (primary N) is 1. The van der Waals surface area contributed by atoms with Gasteiger partial charge in [-0.1, -0.05) is 22.8 Å². The summed E-state index contributed by atoms with van der Waals surface area (Å²) in [6, 6.07) is 5.88. The predicted molar refractivity (Wildman–Crippen MR) is 71.9 cm³/mol. The quantitative estimate of drug-likeness (QED) is 0.241. The average molecular weight is 256 g/mol. The number of oxime groups is 1. The zero-order valence-corrected chi connectivity index (χ0v) is 10.7. The van der Waals surface area contributed by atoms with Gasteiger partial charge in [-0.05, 0) is 37.5 Å². The molecule has 17 heavy (non-hydrogen) atoms. The van der Waals surface area contributed by atoms with Crippen molar-refractivity contribution in [3.05, 3.63) is 28.8 Å². The Hall–Kier alpha value is -1.42. The van der Waals surface area contributed by atoms with Crippen LogP contribution in [0.3, 0.4) is 0 Å². The van der Waals surface area contributed by atoms with E-state index >= 15 is 0 Å². The third kappa shape index (κ3) is 4.95. The van der Waals surface area contributed by atoms with Crippen LogP contribution >= 0.6 is 11.6 Å². The summed E-state index contributed by atoms with van der Waals surface area (Å²) < 4.78 is 0. The SMILES string of the molecule is Cc1ccc(Cl)c(NCCCC/C(N)=N/O)c1. The summed E-state index contributed by atoms with van der Waals surface area (Å²) in [6.07, 6.45) is 2.44. The van der Waals surface area contributed by atoms with Gasteiger partial charge >= 0.3 is 0 Å². The van der Waals surface area contributed by atoms with Crippen LogP contribution in [0.15, 0.2) is 23.4 Å². The van der Waals surface area contributed by atoms with Gasteiger partial charge in [0.1, 0.15) is 5.84 Å². The van der Waals surface area contributed by atoms with E-state index in [-0.39, 0.29) is 5.84 Å². The van der Waals surface area contributed by atoms with Crippen LogP contribution in [0.4, 0.5) is 5.69 Å². The summed E-state index contributed by atoms with van der Waals surface area (Å²) in [5.74, 6) is 0.276. The molecule has 4 nitrogen and oxygen atoms in total. The van der Waals surface area contributed by atoms with Crippen molar-refractivity contribution < 1.29 is 5.21 Å². The average Bonchev–Trinajstić information content (AvgIpc) is 2.32. The number of hydrogen-bond acceptors (Lipinski definition) is 3. The van der Waals surface area contributed by atoms with E-state index < -0.39 is 0 Å². The fourth-order valence-corrected chi connectivity index (χ4v) is 1.66. The van der Waals surface area contributed by atoms with Crippen molar-refractivity contribution in [1.29, 1.82) is 0 Å². The maximum absolute atomic E-state index is 8.37. The van der Waals surface area contributed by atoms with E-state index in [1.807, 2.05) is 25.1 Å². The molecule has 1 aromatic rings. The van der Waals surface area contributed by atoms with Crippen LogP contribution in [0, 0.1) is 6.92 Å². The molecule has 5 heteroatoms. The van der Waals surface area contributed by atoms with Gasteiger partial charge in [-0.3, -0.25) is 0 Å². The van der Waals surface area contributed by atoms with Gasteiger partial charge in [0.2, 0.25) is 0 Å². The lowest BCUT2D eigenvalue weighted by molar-refractivity contribution is 0.316. The molecule has 1 aromatic carbocycles. The highest BCUT2D eigenvalue weighted by Gasteiger charge is 1.99. The second-order valence-corrected chi connectivity index (χ2v) is 4.37. The lowest BCUT2D eigenvalue weighted by Gasteiger charge is -2.08. The third-order valence-electron chi connectivity index (χ3n) is 2.43. The lowest BCUT2D eigenvalue weighted by atomic mass is 10.2. The Morgan fingerprint density at radius 1 is 1.47 bits per heavy atom. The first-order chi connectivity index (χ1) is 8.13. The molecule has 0 amide bonds. The standard InChI is InChI=1S/C12H18ClN3O/c1-9-5-6-10(13)11(8-9)15-7-3-2-4-12(14)16-17/h5-6,8,15,17H,2-4,7H2,1H3,(H2,14,16). The van der Waals surface area contributed by atoms with Crippen molar-refractivity contribution >= 4 is 23.1 Å². The Morgan fingerprint density at radius 2 is 2.24 bits per heavy atom. The van der Waals surface area contributed by atoms with Crippen molar-refractivity contribution in [2.75, 3.05) is 11.9 Å². The van der Waals surface area contributed by atoms with Gasteiger partial charge in [-0.2, -0.15) is 0 Å². The number of nitrogens with one attached hydrogen (secondary N) is 1. The summed E-state index contributed by atoms with van der Waals surface area (Å²) in [5.41, 5.74) is 7.50. The highest BCUT2D eigenvalue weighted by Crippen LogP contribution is 2.22. The molecule has 0 aliphatic carbocycles. The normalized spacial score (nSPS) is 11.5. The van der Waals surface area contributed by atoms with E-state index in [1.54, 1.807) is 0 Å². The minimum Gasteiger partial charge on any atom is -0.409 e. The first-order valence-corrected chi connectivity index (χ1v) is 5.97. The maximum atomic E-state index is 8.37. The Balaban J connectivity index is 2.29. The summed E-state index contributed by atoms with van der Waals surface area (Å²) in [5, 5.41) is 15.3. The summed E-state index contributed by atoms with van der Waals surface area (Å²) in [7, 11) is 0. The van der Waals surface area contributed by atoms with E-state index in [4.69, 9.17) is 22.5 Å². The first-order valence-electron chi connectivity index (χ1n) is 5.60. The molecule has 0 heterocycles. The molecule has 0 saturated carbocycles. The van der Waals surface area contributed by atoms with Gasteiger partial charge in [0, 0.05) is 13.0 Å². The van der Waals surface area contributed by atoms with Gasteiger partial charge < -0.3 is 16.3 Å². The van der Waals surface area contributed by atoms with Gasteiger partial charge in [0.15, 0.2) is 0 Å². The van der Waals surface area contributed by atoms with Crippen molar-refractivity contribution in [3.8, 4) is 0 Å². The van der Waals surface area contributed by atoms with Gasteiger partial charge in [0.25, 0.3) is 0 Å². The minimum atomic E-state index is 0.276. The van der Waals surface area contributed by atoms with Crippen molar-refractivity contribution in [2.24, 2.45) is 10.9 Å². The first kappa shape index (κ1) is 13.6. The Labute approximate surface area is 106 Å². The molecule has 0 aromatic heterocycles. The molecule has 0 saturated heterocycles. The number of hydrogen-bond donors (Lipinski definition) is 3. The highest BCUT2D eigenvalue weighted by atomic mass is 35.5. The van der Waals surface area contributed by atoms with E-state index in [0.717, 1.165) is 30.1 Å². The highest BCUT2D eigenvalue weighted by molar-refractivity contribution is 6.33. The number of amidine groups is 1. The Bertz CT molecular complexity index is 393.